The van der Waals surface area contributed by atoms with E-state index in [1.807, 2.05) is 20.9 Å². The molecule has 0 saturated heterocycles. The van der Waals surface area contributed by atoms with Crippen molar-refractivity contribution in [2.45, 2.75) is 26.7 Å². The van der Waals surface area contributed by atoms with Gasteiger partial charge in [-0.25, -0.2) is 0 Å². The van der Waals surface area contributed by atoms with Crippen LogP contribution < -0.4 is 11.1 Å². The first kappa shape index (κ1) is 20.1. The molecule has 0 aromatic heterocycles. The lowest BCUT2D eigenvalue weighted by molar-refractivity contribution is 0.0141. The highest BCUT2D eigenvalue weighted by Crippen LogP contribution is 1.84. The molecule has 112 valence electrons. The largest absolute Gasteiger partial charge is 0.379 e. The van der Waals surface area contributed by atoms with Crippen molar-refractivity contribution in [2.24, 2.45) is 5.73 Å². The molecule has 3 N–H and O–H groups in total. The first-order chi connectivity index (χ1) is 8.91. The van der Waals surface area contributed by atoms with Gasteiger partial charge in [-0.1, -0.05) is 13.8 Å². The summed E-state index contributed by atoms with van der Waals surface area (Å²) >= 11 is 0. The molecule has 0 aliphatic carbocycles. The lowest BCUT2D eigenvalue weighted by atomic mass is 10.4. The number of nitrogens with two attached hydrogens (primary N) is 1. The summed E-state index contributed by atoms with van der Waals surface area (Å²) in [5.41, 5.74) is 5.33. The Morgan fingerprint density at radius 1 is 0.778 bits per heavy atom. The maximum atomic E-state index is 5.36. The van der Waals surface area contributed by atoms with Crippen LogP contribution in [0.15, 0.2) is 0 Å². The lowest BCUT2D eigenvalue weighted by Gasteiger charge is -2.06. The molecule has 18 heavy (non-hydrogen) atoms. The molecule has 0 amide bonds. The fourth-order valence-corrected chi connectivity index (χ4v) is 1.08. The molecule has 0 aliphatic heterocycles. The SMILES string of the molecule is CC.CNCCCOCCOCCOCCCN. The Kier molecular flexibility index (Phi) is 24.6. The maximum Gasteiger partial charge on any atom is 0.0701 e. The zero-order valence-electron chi connectivity index (χ0n) is 12.4. The summed E-state index contributed by atoms with van der Waals surface area (Å²) in [6.45, 7) is 9.76. The normalized spacial score (nSPS) is 10.0. The van der Waals surface area contributed by atoms with Crippen LogP contribution in [0, 0.1) is 0 Å². The van der Waals surface area contributed by atoms with Crippen molar-refractivity contribution >= 4 is 0 Å². The summed E-state index contributed by atoms with van der Waals surface area (Å²) < 4.78 is 16.0. The summed E-state index contributed by atoms with van der Waals surface area (Å²) in [5.74, 6) is 0. The van der Waals surface area contributed by atoms with E-state index in [4.69, 9.17) is 19.9 Å². The van der Waals surface area contributed by atoms with Gasteiger partial charge in [0.2, 0.25) is 0 Å². The number of nitrogens with one attached hydrogen (secondary N) is 1. The molecule has 0 unspecified atom stereocenters. The average molecular weight is 264 g/mol. The molecule has 0 rings (SSSR count). The molecule has 0 aromatic rings. The number of rotatable bonds is 13. The Morgan fingerprint density at radius 2 is 1.22 bits per heavy atom. The van der Waals surface area contributed by atoms with Crippen molar-refractivity contribution < 1.29 is 14.2 Å². The third kappa shape index (κ3) is 21.1. The van der Waals surface area contributed by atoms with E-state index < -0.39 is 0 Å². The highest BCUT2D eigenvalue weighted by atomic mass is 16.5. The van der Waals surface area contributed by atoms with Gasteiger partial charge in [0.1, 0.15) is 0 Å². The van der Waals surface area contributed by atoms with E-state index in [0.29, 0.717) is 33.0 Å². The fourth-order valence-electron chi connectivity index (χ4n) is 1.08. The summed E-state index contributed by atoms with van der Waals surface area (Å²) in [4.78, 5) is 0. The quantitative estimate of drug-likeness (QED) is 0.486. The molecular formula is C13H32N2O3. The zero-order valence-corrected chi connectivity index (χ0v) is 12.4. The van der Waals surface area contributed by atoms with Crippen LogP contribution in [0.3, 0.4) is 0 Å². The van der Waals surface area contributed by atoms with Crippen LogP contribution in [0.4, 0.5) is 0 Å². The summed E-state index contributed by atoms with van der Waals surface area (Å²) in [6.07, 6.45) is 1.95. The molecule has 0 aromatic carbocycles. The maximum absolute atomic E-state index is 5.36. The van der Waals surface area contributed by atoms with Crippen molar-refractivity contribution in [2.75, 3.05) is 59.8 Å². The van der Waals surface area contributed by atoms with Gasteiger partial charge >= 0.3 is 0 Å². The van der Waals surface area contributed by atoms with E-state index >= 15 is 0 Å². The molecule has 5 heteroatoms. The van der Waals surface area contributed by atoms with Gasteiger partial charge < -0.3 is 25.3 Å². The Hall–Kier alpha value is -0.200. The monoisotopic (exact) mass is 264 g/mol. The van der Waals surface area contributed by atoms with E-state index in [2.05, 4.69) is 5.32 Å². The second-order valence-corrected chi connectivity index (χ2v) is 3.44. The van der Waals surface area contributed by atoms with E-state index in [1.54, 1.807) is 0 Å². The van der Waals surface area contributed by atoms with Crippen LogP contribution in [0.25, 0.3) is 0 Å². The average Bonchev–Trinajstić information content (AvgIpc) is 2.42. The predicted octanol–water partition coefficient (Wildman–Crippen LogP) is 1.02. The van der Waals surface area contributed by atoms with Crippen LogP contribution >= 0.6 is 0 Å². The van der Waals surface area contributed by atoms with Crippen molar-refractivity contribution in [3.05, 3.63) is 0 Å². The molecule has 0 saturated carbocycles. The van der Waals surface area contributed by atoms with Gasteiger partial charge in [0.25, 0.3) is 0 Å². The van der Waals surface area contributed by atoms with Gasteiger partial charge in [-0.2, -0.15) is 0 Å². The van der Waals surface area contributed by atoms with E-state index in [9.17, 15) is 0 Å². The molecule has 0 aliphatic rings. The molecule has 0 heterocycles. The third-order valence-electron chi connectivity index (χ3n) is 1.95. The molecule has 0 spiro atoms. The van der Waals surface area contributed by atoms with Gasteiger partial charge in [-0.3, -0.25) is 0 Å². The Morgan fingerprint density at radius 3 is 1.67 bits per heavy atom. The minimum atomic E-state index is 0.629. The van der Waals surface area contributed by atoms with Crippen LogP contribution in [-0.2, 0) is 14.2 Å². The summed E-state index contributed by atoms with van der Waals surface area (Å²) in [7, 11) is 1.94. The number of hydrogen-bond donors (Lipinski definition) is 2. The number of ether oxygens (including phenoxy) is 3. The van der Waals surface area contributed by atoms with E-state index in [-0.39, 0.29) is 0 Å². The number of hydrogen-bond acceptors (Lipinski definition) is 5. The van der Waals surface area contributed by atoms with Crippen molar-refractivity contribution in [1.29, 1.82) is 0 Å². The second-order valence-electron chi connectivity index (χ2n) is 3.44. The summed E-state index contributed by atoms with van der Waals surface area (Å²) in [6, 6.07) is 0. The predicted molar refractivity (Wildman–Crippen MR) is 76.0 cm³/mol. The molecule has 0 radical (unpaired) electrons. The van der Waals surface area contributed by atoms with Crippen molar-refractivity contribution in [1.82, 2.24) is 5.32 Å². The van der Waals surface area contributed by atoms with E-state index in [0.717, 1.165) is 32.6 Å². The Balaban J connectivity index is 0. The minimum Gasteiger partial charge on any atom is -0.379 e. The van der Waals surface area contributed by atoms with Crippen LogP contribution in [0.2, 0.25) is 0 Å². The molecular weight excluding hydrogens is 232 g/mol. The first-order valence-electron chi connectivity index (χ1n) is 6.99. The van der Waals surface area contributed by atoms with Crippen molar-refractivity contribution in [3.63, 3.8) is 0 Å². The zero-order chi connectivity index (χ0) is 13.9. The second kappa shape index (κ2) is 22.0. The fraction of sp³-hybridized carbons (Fsp3) is 1.00. The summed E-state index contributed by atoms with van der Waals surface area (Å²) in [5, 5.41) is 3.07. The van der Waals surface area contributed by atoms with Crippen molar-refractivity contribution in [3.8, 4) is 0 Å². The minimum absolute atomic E-state index is 0.629. The smallest absolute Gasteiger partial charge is 0.0701 e. The van der Waals surface area contributed by atoms with Gasteiger partial charge in [0.05, 0.1) is 26.4 Å². The molecule has 0 atom stereocenters. The third-order valence-corrected chi connectivity index (χ3v) is 1.95. The highest BCUT2D eigenvalue weighted by Gasteiger charge is 1.91. The van der Waals surface area contributed by atoms with Gasteiger partial charge in [0, 0.05) is 13.2 Å². The van der Waals surface area contributed by atoms with Crippen LogP contribution in [-0.4, -0.2) is 59.8 Å². The highest BCUT2D eigenvalue weighted by molar-refractivity contribution is 4.40. The first-order valence-corrected chi connectivity index (χ1v) is 6.99. The Labute approximate surface area is 112 Å². The van der Waals surface area contributed by atoms with Gasteiger partial charge in [-0.05, 0) is 33.0 Å². The standard InChI is InChI=1S/C11H26N2O3.C2H6/c1-13-5-3-7-15-9-11-16-10-8-14-6-2-4-12;1-2/h13H,2-12H2,1H3;1-2H3. The molecule has 5 nitrogen and oxygen atoms in total. The van der Waals surface area contributed by atoms with Crippen LogP contribution in [0.1, 0.15) is 26.7 Å². The molecule has 0 bridgehead atoms. The van der Waals surface area contributed by atoms with Crippen LogP contribution in [0.5, 0.6) is 0 Å². The lowest BCUT2D eigenvalue weighted by Crippen LogP contribution is -2.13. The van der Waals surface area contributed by atoms with E-state index in [1.165, 1.54) is 0 Å². The van der Waals surface area contributed by atoms with Gasteiger partial charge in [0.15, 0.2) is 0 Å². The molecule has 0 fully saturated rings. The Bertz CT molecular complexity index is 113. The topological polar surface area (TPSA) is 65.7 Å². The van der Waals surface area contributed by atoms with Gasteiger partial charge in [-0.15, -0.1) is 0 Å².